The Labute approximate surface area is 171 Å². The van der Waals surface area contributed by atoms with Crippen LogP contribution in [0.25, 0.3) is 5.00 Å². The van der Waals surface area contributed by atoms with Crippen LogP contribution < -0.4 is 0 Å². The van der Waals surface area contributed by atoms with E-state index < -0.39 is 0 Å². The summed E-state index contributed by atoms with van der Waals surface area (Å²) < 4.78 is 2.21. The third-order valence-corrected chi connectivity index (χ3v) is 6.60. The van der Waals surface area contributed by atoms with Gasteiger partial charge in [0, 0.05) is 16.0 Å². The predicted octanol–water partition coefficient (Wildman–Crippen LogP) is 5.73. The summed E-state index contributed by atoms with van der Waals surface area (Å²) in [6.45, 7) is 9.18. The van der Waals surface area contributed by atoms with E-state index in [9.17, 15) is 0 Å². The topological polar surface area (TPSA) is 43.1 Å². The SMILES string of the molecule is CCCCCCc1cc2c(s1)-n1c(C)nnc1CN=C2c1cc(C)ccc1C. The zero-order valence-corrected chi connectivity index (χ0v) is 18.1. The van der Waals surface area contributed by atoms with Crippen LogP contribution in [-0.2, 0) is 13.0 Å². The van der Waals surface area contributed by atoms with Gasteiger partial charge in [0.15, 0.2) is 5.82 Å². The molecule has 0 fully saturated rings. The number of aliphatic imine (C=N–C) groups is 1. The summed E-state index contributed by atoms with van der Waals surface area (Å²) in [6.07, 6.45) is 6.27. The Morgan fingerprint density at radius 3 is 2.68 bits per heavy atom. The first kappa shape index (κ1) is 19.1. The van der Waals surface area contributed by atoms with Gasteiger partial charge in [0.1, 0.15) is 17.4 Å². The lowest BCUT2D eigenvalue weighted by Gasteiger charge is -2.10. The molecule has 0 N–H and O–H groups in total. The van der Waals surface area contributed by atoms with Crippen molar-refractivity contribution in [2.45, 2.75) is 66.3 Å². The number of nitrogens with zero attached hydrogens (tertiary/aromatic N) is 4. The molecule has 0 unspecified atom stereocenters. The minimum absolute atomic E-state index is 0.566. The Hall–Kier alpha value is -2.27. The van der Waals surface area contributed by atoms with E-state index in [1.165, 1.54) is 57.8 Å². The average Bonchev–Trinajstić information content (AvgIpc) is 3.21. The van der Waals surface area contributed by atoms with Gasteiger partial charge in [-0.15, -0.1) is 21.5 Å². The number of unbranched alkanes of at least 4 members (excludes halogenated alkanes) is 3. The second-order valence-electron chi connectivity index (χ2n) is 7.72. The molecule has 0 bridgehead atoms. The summed E-state index contributed by atoms with van der Waals surface area (Å²) in [5.41, 5.74) is 6.08. The number of rotatable bonds is 6. The van der Waals surface area contributed by atoms with Crippen LogP contribution >= 0.6 is 11.3 Å². The summed E-state index contributed by atoms with van der Waals surface area (Å²) in [4.78, 5) is 6.45. The number of hydrogen-bond acceptors (Lipinski definition) is 4. The zero-order valence-electron chi connectivity index (χ0n) is 17.2. The highest BCUT2D eigenvalue weighted by atomic mass is 32.1. The van der Waals surface area contributed by atoms with Crippen molar-refractivity contribution in [1.29, 1.82) is 0 Å². The first-order valence-corrected chi connectivity index (χ1v) is 11.1. The molecule has 0 atom stereocenters. The molecule has 0 amide bonds. The molecule has 0 aliphatic carbocycles. The van der Waals surface area contributed by atoms with E-state index in [1.807, 2.05) is 18.3 Å². The van der Waals surface area contributed by atoms with Crippen molar-refractivity contribution in [3.05, 3.63) is 63.0 Å². The summed E-state index contributed by atoms with van der Waals surface area (Å²) in [5, 5.41) is 9.93. The van der Waals surface area contributed by atoms with Gasteiger partial charge in [0.25, 0.3) is 0 Å². The fraction of sp³-hybridized carbons (Fsp3) is 0.435. The molecule has 4 rings (SSSR count). The molecule has 5 heteroatoms. The summed E-state index contributed by atoms with van der Waals surface area (Å²) >= 11 is 1.88. The van der Waals surface area contributed by atoms with Crippen LogP contribution in [0.4, 0.5) is 0 Å². The molecule has 4 nitrogen and oxygen atoms in total. The standard InChI is InChI=1S/C23H28N4S/c1-5-6-7-8-9-18-13-20-22(19-12-15(2)10-11-16(19)3)24-14-21-26-25-17(4)27(21)23(20)28-18/h10-13H,5-9,14H2,1-4H3. The van der Waals surface area contributed by atoms with Gasteiger partial charge in [-0.2, -0.15) is 0 Å². The van der Waals surface area contributed by atoms with Gasteiger partial charge < -0.3 is 0 Å². The molecule has 28 heavy (non-hydrogen) atoms. The molecule has 1 aromatic carbocycles. The van der Waals surface area contributed by atoms with Gasteiger partial charge in [-0.05, 0) is 51.3 Å². The third-order valence-electron chi connectivity index (χ3n) is 5.42. The van der Waals surface area contributed by atoms with Crippen molar-refractivity contribution in [3.63, 3.8) is 0 Å². The molecular formula is C23H28N4S. The Balaban J connectivity index is 1.80. The van der Waals surface area contributed by atoms with Crippen LogP contribution in [0.3, 0.4) is 0 Å². The molecule has 3 heterocycles. The summed E-state index contributed by atoms with van der Waals surface area (Å²) in [5.74, 6) is 1.87. The molecule has 1 aliphatic rings. The lowest BCUT2D eigenvalue weighted by atomic mass is 9.97. The number of aromatic nitrogens is 3. The van der Waals surface area contributed by atoms with Gasteiger partial charge in [0.2, 0.25) is 0 Å². The van der Waals surface area contributed by atoms with Crippen LogP contribution in [0.5, 0.6) is 0 Å². The molecule has 0 saturated heterocycles. The van der Waals surface area contributed by atoms with Crippen LogP contribution in [0.15, 0.2) is 29.3 Å². The highest BCUT2D eigenvalue weighted by Gasteiger charge is 2.25. The predicted molar refractivity (Wildman–Crippen MR) is 117 cm³/mol. The van der Waals surface area contributed by atoms with Gasteiger partial charge in [-0.25, -0.2) is 0 Å². The number of benzene rings is 1. The van der Waals surface area contributed by atoms with Gasteiger partial charge in [0.05, 0.1) is 5.71 Å². The van der Waals surface area contributed by atoms with E-state index in [-0.39, 0.29) is 0 Å². The van der Waals surface area contributed by atoms with E-state index in [1.54, 1.807) is 0 Å². The molecular weight excluding hydrogens is 364 g/mol. The van der Waals surface area contributed by atoms with Crippen molar-refractivity contribution < 1.29 is 0 Å². The molecule has 0 saturated carbocycles. The van der Waals surface area contributed by atoms with E-state index in [4.69, 9.17) is 4.99 Å². The van der Waals surface area contributed by atoms with Gasteiger partial charge in [-0.1, -0.05) is 43.9 Å². The minimum Gasteiger partial charge on any atom is -0.276 e. The van der Waals surface area contributed by atoms with E-state index in [2.05, 4.69) is 59.8 Å². The average molecular weight is 393 g/mol. The first-order valence-electron chi connectivity index (χ1n) is 10.2. The van der Waals surface area contributed by atoms with Crippen molar-refractivity contribution in [1.82, 2.24) is 14.8 Å². The van der Waals surface area contributed by atoms with Crippen LogP contribution in [0, 0.1) is 20.8 Å². The smallest absolute Gasteiger partial charge is 0.160 e. The molecule has 146 valence electrons. The quantitative estimate of drug-likeness (QED) is 0.503. The fourth-order valence-electron chi connectivity index (χ4n) is 3.85. The molecule has 1 aliphatic heterocycles. The van der Waals surface area contributed by atoms with Crippen LogP contribution in [-0.4, -0.2) is 20.5 Å². The van der Waals surface area contributed by atoms with Crippen molar-refractivity contribution >= 4 is 17.0 Å². The number of fused-ring (bicyclic) bond motifs is 3. The maximum atomic E-state index is 5.01. The maximum absolute atomic E-state index is 5.01. The Morgan fingerprint density at radius 2 is 1.86 bits per heavy atom. The summed E-state index contributed by atoms with van der Waals surface area (Å²) in [6, 6.07) is 8.99. The summed E-state index contributed by atoms with van der Waals surface area (Å²) in [7, 11) is 0. The maximum Gasteiger partial charge on any atom is 0.160 e. The Morgan fingerprint density at radius 1 is 1.00 bits per heavy atom. The zero-order chi connectivity index (χ0) is 19.7. The second kappa shape index (κ2) is 8.00. The third kappa shape index (κ3) is 3.55. The normalized spacial score (nSPS) is 13.1. The van der Waals surface area contributed by atoms with Crippen molar-refractivity contribution in [2.24, 2.45) is 4.99 Å². The molecule has 2 aromatic heterocycles. The molecule has 3 aromatic rings. The monoisotopic (exact) mass is 392 g/mol. The lowest BCUT2D eigenvalue weighted by molar-refractivity contribution is 0.670. The van der Waals surface area contributed by atoms with Crippen molar-refractivity contribution in [3.8, 4) is 5.00 Å². The number of thiophene rings is 1. The molecule has 0 spiro atoms. The Bertz CT molecular complexity index is 1030. The van der Waals surface area contributed by atoms with Gasteiger partial charge >= 0.3 is 0 Å². The second-order valence-corrected chi connectivity index (χ2v) is 8.84. The van der Waals surface area contributed by atoms with Crippen LogP contribution in [0.2, 0.25) is 0 Å². The van der Waals surface area contributed by atoms with Crippen molar-refractivity contribution in [2.75, 3.05) is 0 Å². The minimum atomic E-state index is 0.566. The Kier molecular flexibility index (Phi) is 5.44. The number of aryl methyl sites for hydroxylation is 4. The van der Waals surface area contributed by atoms with Gasteiger partial charge in [-0.3, -0.25) is 9.56 Å². The van der Waals surface area contributed by atoms with E-state index in [0.29, 0.717) is 6.54 Å². The number of hydrogen-bond donors (Lipinski definition) is 0. The molecule has 0 radical (unpaired) electrons. The first-order chi connectivity index (χ1) is 13.6. The lowest BCUT2D eigenvalue weighted by Crippen LogP contribution is -2.07. The van der Waals surface area contributed by atoms with E-state index in [0.717, 1.165) is 23.8 Å². The largest absolute Gasteiger partial charge is 0.276 e. The van der Waals surface area contributed by atoms with Crippen LogP contribution in [0.1, 0.15) is 71.4 Å². The highest BCUT2D eigenvalue weighted by Crippen LogP contribution is 2.34. The van der Waals surface area contributed by atoms with E-state index >= 15 is 0 Å². The fourth-order valence-corrected chi connectivity index (χ4v) is 5.11. The highest BCUT2D eigenvalue weighted by molar-refractivity contribution is 7.15.